The lowest BCUT2D eigenvalue weighted by Crippen LogP contribution is -2.03. The van der Waals surface area contributed by atoms with E-state index >= 15 is 0 Å². The fourth-order valence-electron chi connectivity index (χ4n) is 2.32. The molecule has 0 aliphatic carbocycles. The van der Waals surface area contributed by atoms with Crippen molar-refractivity contribution in [1.29, 1.82) is 0 Å². The van der Waals surface area contributed by atoms with Crippen molar-refractivity contribution in [3.8, 4) is 0 Å². The molecule has 0 aromatic heterocycles. The van der Waals surface area contributed by atoms with Gasteiger partial charge in [-0.1, -0.05) is 282 Å². The molecule has 0 heterocycles. The maximum atomic E-state index is 9.43. The van der Waals surface area contributed by atoms with Crippen molar-refractivity contribution in [3.63, 3.8) is 0 Å². The van der Waals surface area contributed by atoms with Gasteiger partial charge < -0.3 is 19.7 Å². The van der Waals surface area contributed by atoms with Crippen LogP contribution in [0.3, 0.4) is 0 Å². The van der Waals surface area contributed by atoms with E-state index < -0.39 is 18.4 Å². The summed E-state index contributed by atoms with van der Waals surface area (Å²) in [4.78, 5) is 37.4. The van der Waals surface area contributed by atoms with Crippen LogP contribution in [0.25, 0.3) is 0 Å². The molecular weight excluding hydrogens is 957 g/mol. The Morgan fingerprint density at radius 2 is 0.429 bits per heavy atom. The Bertz CT molecular complexity index is 692. The minimum absolute atomic E-state index is 0. The molecule has 0 rings (SSSR count). The second-order valence-electron chi connectivity index (χ2n) is 13.2. The Labute approximate surface area is 491 Å². The van der Waals surface area contributed by atoms with E-state index in [2.05, 4.69) is 145 Å². The van der Waals surface area contributed by atoms with E-state index in [0.717, 1.165) is 0 Å². The van der Waals surface area contributed by atoms with Crippen molar-refractivity contribution >= 4 is 24.9 Å². The van der Waals surface area contributed by atoms with Crippen molar-refractivity contribution in [1.82, 2.24) is 0 Å². The largest absolute Gasteiger partial charge is 0.481 e. The van der Waals surface area contributed by atoms with Crippen molar-refractivity contribution in [2.45, 2.75) is 297 Å². The number of allylic oxidation sites excluding steroid dienone is 10. The molecule has 0 spiro atoms. The van der Waals surface area contributed by atoms with Gasteiger partial charge in [-0.05, 0) is 69.2 Å². The molecule has 476 valence electrons. The summed E-state index contributed by atoms with van der Waals surface area (Å²) in [6.07, 6.45) is 40.0. The van der Waals surface area contributed by atoms with Gasteiger partial charge in [-0.2, -0.15) is 0 Å². The molecule has 0 amide bonds. The minimum atomic E-state index is -1.31. The summed E-state index contributed by atoms with van der Waals surface area (Å²) < 4.78 is 7.88. The molecule has 8 heteroatoms. The van der Waals surface area contributed by atoms with Crippen molar-refractivity contribution in [3.05, 3.63) is 127 Å². The molecule has 0 aliphatic heterocycles. The molecule has 0 aromatic carbocycles. The Kier molecular flexibility index (Phi) is 543. The van der Waals surface area contributed by atoms with Crippen LogP contribution >= 0.6 is 0 Å². The number of ether oxygens (including phenoxy) is 2. The Morgan fingerprint density at radius 3 is 0.481 bits per heavy atom. The lowest BCUT2D eigenvalue weighted by molar-refractivity contribution is -0.150. The molecule has 0 aromatic rings. The first kappa shape index (κ1) is 140. The third-order valence-electron chi connectivity index (χ3n) is 4.61. The zero-order valence-electron chi connectivity index (χ0n) is 55.8. The summed E-state index contributed by atoms with van der Waals surface area (Å²) >= 11 is 0. The SMILES string of the molecule is C.C.C=CC.C=CC.C=CC.C=CC.C=CC.C=CC.C=CC.C=CC.C=CC.C=CC.CC.CC.CCCCC.CCCCC.CCCCC.CCCCC.CCCCCCC.O=C(O)CC(=O)O.O=COCOC=O. The molecule has 0 aliphatic rings. The van der Waals surface area contributed by atoms with Gasteiger partial charge in [0, 0.05) is 0 Å². The maximum Gasteiger partial charge on any atom is 0.314 e. The summed E-state index contributed by atoms with van der Waals surface area (Å²) in [7, 11) is 0. The maximum absolute atomic E-state index is 9.43. The van der Waals surface area contributed by atoms with Crippen molar-refractivity contribution in [2.24, 2.45) is 0 Å². The zero-order chi connectivity index (χ0) is 64.5. The highest BCUT2D eigenvalue weighted by Crippen LogP contribution is 2.00. The molecule has 0 bridgehead atoms. The van der Waals surface area contributed by atoms with Crippen LogP contribution < -0.4 is 0 Å². The molecule has 0 saturated heterocycles. The number of rotatable bonds is 18. The van der Waals surface area contributed by atoms with Crippen LogP contribution in [-0.4, -0.2) is 41.9 Å². The molecule has 0 fully saturated rings. The van der Waals surface area contributed by atoms with Gasteiger partial charge in [-0.25, -0.2) is 0 Å². The van der Waals surface area contributed by atoms with Crippen LogP contribution in [-0.2, 0) is 28.7 Å². The zero-order valence-corrected chi connectivity index (χ0v) is 55.8. The first-order valence-corrected chi connectivity index (χ1v) is 28.0. The monoisotopic (exact) mass is 1110 g/mol. The molecule has 0 atom stereocenters. The number of hydrogen-bond acceptors (Lipinski definition) is 6. The average molecular weight is 1110 g/mol. The highest BCUT2D eigenvalue weighted by atomic mass is 16.7. The smallest absolute Gasteiger partial charge is 0.314 e. The number of carbonyl (C=O) groups excluding carboxylic acids is 2. The summed E-state index contributed by atoms with van der Waals surface area (Å²) in [6.45, 7) is 82.8. The molecule has 0 unspecified atom stereocenters. The highest BCUT2D eigenvalue weighted by Gasteiger charge is 2.01. The van der Waals surface area contributed by atoms with Gasteiger partial charge in [0.15, 0.2) is 0 Å². The first-order chi connectivity index (χ1) is 35.8. The van der Waals surface area contributed by atoms with Gasteiger partial charge in [-0.3, -0.25) is 19.2 Å². The van der Waals surface area contributed by atoms with Crippen molar-refractivity contribution < 1.29 is 38.9 Å². The number of carboxylic acids is 2. The lowest BCUT2D eigenvalue weighted by Gasteiger charge is -1.90. The van der Waals surface area contributed by atoms with Gasteiger partial charge in [0.25, 0.3) is 12.9 Å². The topological polar surface area (TPSA) is 127 Å². The van der Waals surface area contributed by atoms with Gasteiger partial charge in [0.2, 0.25) is 6.79 Å². The predicted molar refractivity (Wildman–Crippen MR) is 369 cm³/mol. The number of hydrogen-bond donors (Lipinski definition) is 2. The average Bonchev–Trinajstić information content (AvgIpc) is 3.35. The van der Waals surface area contributed by atoms with E-state index in [-0.39, 0.29) is 34.6 Å². The van der Waals surface area contributed by atoms with E-state index in [1.807, 2.05) is 96.9 Å². The van der Waals surface area contributed by atoms with Gasteiger partial charge in [0.05, 0.1) is 0 Å². The van der Waals surface area contributed by atoms with Crippen LogP contribution in [0, 0.1) is 0 Å². The van der Waals surface area contributed by atoms with Crippen LogP contribution in [0.1, 0.15) is 297 Å². The lowest BCUT2D eigenvalue weighted by atomic mass is 10.2. The summed E-state index contributed by atoms with van der Waals surface area (Å²) in [5.41, 5.74) is 0. The van der Waals surface area contributed by atoms with Crippen molar-refractivity contribution in [2.75, 3.05) is 6.79 Å². The van der Waals surface area contributed by atoms with Crippen LogP contribution in [0.5, 0.6) is 0 Å². The van der Waals surface area contributed by atoms with Crippen LogP contribution in [0.2, 0.25) is 0 Å². The van der Waals surface area contributed by atoms with Gasteiger partial charge >= 0.3 is 11.9 Å². The first-order valence-electron chi connectivity index (χ1n) is 28.0. The highest BCUT2D eigenvalue weighted by molar-refractivity contribution is 5.88. The number of carboxylic acid groups (broad SMARTS) is 2. The third kappa shape index (κ3) is 1470. The fourth-order valence-corrected chi connectivity index (χ4v) is 2.32. The van der Waals surface area contributed by atoms with E-state index in [9.17, 15) is 19.2 Å². The second-order valence-corrected chi connectivity index (χ2v) is 13.2. The Morgan fingerprint density at radius 1 is 0.312 bits per heavy atom. The molecule has 0 radical (unpaired) electrons. The van der Waals surface area contributed by atoms with Crippen LogP contribution in [0.15, 0.2) is 127 Å². The molecule has 8 nitrogen and oxygen atoms in total. The van der Waals surface area contributed by atoms with Crippen LogP contribution in [0.4, 0.5) is 0 Å². The van der Waals surface area contributed by atoms with E-state index in [0.29, 0.717) is 0 Å². The molecular formula is C69H152O8. The Hall–Kier alpha value is -4.72. The quantitative estimate of drug-likeness (QED) is 0.0457. The predicted octanol–water partition coefficient (Wildman–Crippen LogP) is 25.8. The third-order valence-corrected chi connectivity index (χ3v) is 4.61. The molecule has 0 saturated carbocycles. The molecule has 77 heavy (non-hydrogen) atoms. The Balaban J connectivity index is -0.0000000229. The second kappa shape index (κ2) is 300. The summed E-state index contributed by atoms with van der Waals surface area (Å²) in [5, 5.41) is 15.4. The van der Waals surface area contributed by atoms with E-state index in [1.54, 1.807) is 60.8 Å². The summed E-state index contributed by atoms with van der Waals surface area (Å²) in [5.74, 6) is -2.62. The van der Waals surface area contributed by atoms with E-state index in [4.69, 9.17) is 10.2 Å². The van der Waals surface area contributed by atoms with E-state index in [1.165, 1.54) is 109 Å². The number of carbonyl (C=O) groups is 4. The fraction of sp³-hybridized carbons (Fsp3) is 0.652. The molecule has 2 N–H and O–H groups in total. The number of unbranched alkanes of at least 4 members (excludes halogenated alkanes) is 12. The minimum Gasteiger partial charge on any atom is -0.481 e. The van der Waals surface area contributed by atoms with Gasteiger partial charge in [0.1, 0.15) is 6.42 Å². The van der Waals surface area contributed by atoms with Gasteiger partial charge in [-0.15, -0.1) is 65.8 Å². The summed E-state index contributed by atoms with van der Waals surface area (Å²) in [6, 6.07) is 0. The number of aliphatic carboxylic acids is 2. The standard InChI is InChI=1S/C7H16.4C5H12.2C3H4O4.10C3H6.2C2H6.2CH4/c1-3-5-7-6-4-2;4*1-3-5-4-2;4-1-6-3-7-2-5;4-2(5)1-3(6)7;10*1-3-2;2*1-2;;/h3-7H2,1-2H3;4*3-5H2,1-2H3;1-2H,3H2;1H2,(H,4,5)(H,6,7);10*3H,1H2,2H3;2*1-2H3;2*1H4. The normalized spacial score (nSPS) is 6.23.